The molecule has 5 rings (SSSR count). The maximum absolute atomic E-state index is 13.1. The molecule has 0 spiro atoms. The van der Waals surface area contributed by atoms with Gasteiger partial charge in [0.05, 0.1) is 18.1 Å². The fourth-order valence-electron chi connectivity index (χ4n) is 4.70. The molecule has 2 aliphatic heterocycles. The lowest BCUT2D eigenvalue weighted by molar-refractivity contribution is -0.115. The second-order valence-corrected chi connectivity index (χ2v) is 9.48. The van der Waals surface area contributed by atoms with Crippen molar-refractivity contribution >= 4 is 29.1 Å². The Labute approximate surface area is 220 Å². The molecule has 0 saturated carbocycles. The van der Waals surface area contributed by atoms with Crippen LogP contribution in [0.3, 0.4) is 0 Å². The van der Waals surface area contributed by atoms with Gasteiger partial charge in [-0.25, -0.2) is 4.98 Å². The maximum atomic E-state index is 13.1. The average Bonchev–Trinajstić information content (AvgIpc) is 3.38. The first-order valence-electron chi connectivity index (χ1n) is 12.4. The van der Waals surface area contributed by atoms with Crippen molar-refractivity contribution in [1.82, 2.24) is 9.88 Å². The lowest BCUT2D eigenvalue weighted by Crippen LogP contribution is -2.38. The Balaban J connectivity index is 1.15. The van der Waals surface area contributed by atoms with E-state index in [1.165, 1.54) is 11.8 Å². The van der Waals surface area contributed by atoms with Crippen molar-refractivity contribution in [2.45, 2.75) is 32.1 Å². The molecule has 192 valence electrons. The Kier molecular flexibility index (Phi) is 7.46. The van der Waals surface area contributed by atoms with Crippen LogP contribution in [-0.2, 0) is 11.2 Å². The number of carbonyl (C=O) groups excluding carboxylic acids is 2. The van der Waals surface area contributed by atoms with Crippen molar-refractivity contribution in [3.8, 4) is 17.4 Å². The standard InChI is InChI=1S/C28H28ClN3O5/c1-2-35-27-23(15-21(29)16-30-27)28(34)32-11-9-20(10-12-32)19-4-6-22(7-5-19)31-26(33)14-18-3-8-24-25(13-18)37-17-36-24/h3-8,13,15-16,20H,2,9-12,14,17H2,1H3,(H,31,33). The Hall–Kier alpha value is -3.78. The third kappa shape index (κ3) is 5.80. The lowest BCUT2D eigenvalue weighted by Gasteiger charge is -2.32. The van der Waals surface area contributed by atoms with E-state index >= 15 is 0 Å². The van der Waals surface area contributed by atoms with E-state index in [1.54, 1.807) is 6.07 Å². The van der Waals surface area contributed by atoms with Gasteiger partial charge in [0.15, 0.2) is 11.5 Å². The molecule has 9 heteroatoms. The molecule has 2 aliphatic rings. The Morgan fingerprint density at radius 2 is 1.84 bits per heavy atom. The van der Waals surface area contributed by atoms with Gasteiger partial charge in [-0.05, 0) is 67.1 Å². The molecular weight excluding hydrogens is 494 g/mol. The summed E-state index contributed by atoms with van der Waals surface area (Å²) in [6.45, 7) is 3.75. The minimum atomic E-state index is -0.114. The Bertz CT molecular complexity index is 1290. The van der Waals surface area contributed by atoms with Crippen LogP contribution in [0, 0.1) is 0 Å². The van der Waals surface area contributed by atoms with Crippen LogP contribution in [0.25, 0.3) is 0 Å². The highest BCUT2D eigenvalue weighted by Gasteiger charge is 2.27. The molecule has 3 heterocycles. The number of rotatable bonds is 7. The van der Waals surface area contributed by atoms with Crippen LogP contribution in [-0.4, -0.2) is 48.2 Å². The summed E-state index contributed by atoms with van der Waals surface area (Å²) in [7, 11) is 0. The molecule has 0 atom stereocenters. The van der Waals surface area contributed by atoms with Crippen molar-refractivity contribution in [3.05, 3.63) is 76.4 Å². The van der Waals surface area contributed by atoms with Crippen LogP contribution < -0.4 is 19.5 Å². The molecule has 1 fully saturated rings. The number of pyridine rings is 1. The molecule has 0 radical (unpaired) electrons. The van der Waals surface area contributed by atoms with Gasteiger partial charge in [0.2, 0.25) is 18.6 Å². The molecule has 3 aromatic rings. The first kappa shape index (κ1) is 24.9. The number of ether oxygens (including phenoxy) is 3. The minimum Gasteiger partial charge on any atom is -0.477 e. The molecule has 37 heavy (non-hydrogen) atoms. The number of hydrogen-bond acceptors (Lipinski definition) is 6. The summed E-state index contributed by atoms with van der Waals surface area (Å²) in [5.41, 5.74) is 3.20. The molecule has 0 aliphatic carbocycles. The van der Waals surface area contributed by atoms with Gasteiger partial charge in [0.25, 0.3) is 5.91 Å². The van der Waals surface area contributed by atoms with E-state index in [2.05, 4.69) is 10.3 Å². The average molecular weight is 522 g/mol. The molecule has 1 aromatic heterocycles. The highest BCUT2D eigenvalue weighted by atomic mass is 35.5. The van der Waals surface area contributed by atoms with Crippen LogP contribution in [0.15, 0.2) is 54.7 Å². The largest absolute Gasteiger partial charge is 0.477 e. The van der Waals surface area contributed by atoms with Crippen molar-refractivity contribution in [2.75, 3.05) is 31.8 Å². The zero-order chi connectivity index (χ0) is 25.8. The number of halogens is 1. The first-order chi connectivity index (χ1) is 18.0. The number of anilines is 1. The molecule has 1 saturated heterocycles. The number of likely N-dealkylation sites (tertiary alicyclic amines) is 1. The fourth-order valence-corrected chi connectivity index (χ4v) is 4.86. The van der Waals surface area contributed by atoms with Gasteiger partial charge >= 0.3 is 0 Å². The lowest BCUT2D eigenvalue weighted by atomic mass is 9.89. The molecule has 8 nitrogen and oxygen atoms in total. The minimum absolute atomic E-state index is 0.0969. The normalized spacial score (nSPS) is 14.9. The van der Waals surface area contributed by atoms with Crippen LogP contribution in [0.2, 0.25) is 5.02 Å². The molecule has 2 amide bonds. The maximum Gasteiger partial charge on any atom is 0.259 e. The van der Waals surface area contributed by atoms with Gasteiger partial charge in [0, 0.05) is 25.0 Å². The summed E-state index contributed by atoms with van der Waals surface area (Å²) < 4.78 is 16.2. The van der Waals surface area contributed by atoms with Crippen LogP contribution in [0.5, 0.6) is 17.4 Å². The fraction of sp³-hybridized carbons (Fsp3) is 0.321. The van der Waals surface area contributed by atoms with Crippen LogP contribution in [0.4, 0.5) is 5.69 Å². The van der Waals surface area contributed by atoms with E-state index in [-0.39, 0.29) is 25.0 Å². The number of nitrogens with zero attached hydrogens (tertiary/aromatic N) is 2. The Morgan fingerprint density at radius 1 is 1.08 bits per heavy atom. The summed E-state index contributed by atoms with van der Waals surface area (Å²) in [5, 5.41) is 3.36. The second kappa shape index (κ2) is 11.1. The number of aromatic nitrogens is 1. The van der Waals surface area contributed by atoms with Gasteiger partial charge in [-0.3, -0.25) is 9.59 Å². The van der Waals surface area contributed by atoms with Gasteiger partial charge in [0.1, 0.15) is 5.56 Å². The smallest absolute Gasteiger partial charge is 0.259 e. The molecular formula is C28H28ClN3O5. The van der Waals surface area contributed by atoms with Gasteiger partial charge < -0.3 is 24.4 Å². The summed E-state index contributed by atoms with van der Waals surface area (Å²) >= 11 is 6.08. The topological polar surface area (TPSA) is 90.0 Å². The number of benzene rings is 2. The molecule has 2 aromatic carbocycles. The highest BCUT2D eigenvalue weighted by molar-refractivity contribution is 6.30. The second-order valence-electron chi connectivity index (χ2n) is 9.04. The highest BCUT2D eigenvalue weighted by Crippen LogP contribution is 2.33. The van der Waals surface area contributed by atoms with E-state index in [1.807, 2.05) is 54.3 Å². The van der Waals surface area contributed by atoms with Gasteiger partial charge in [-0.15, -0.1) is 0 Å². The van der Waals surface area contributed by atoms with Crippen LogP contribution >= 0.6 is 11.6 Å². The van der Waals surface area contributed by atoms with Crippen LogP contribution in [0.1, 0.15) is 47.2 Å². The predicted molar refractivity (Wildman–Crippen MR) is 140 cm³/mol. The van der Waals surface area contributed by atoms with Gasteiger partial charge in [-0.1, -0.05) is 29.8 Å². The molecule has 0 unspecified atom stereocenters. The van der Waals surface area contributed by atoms with E-state index in [9.17, 15) is 9.59 Å². The molecule has 0 bridgehead atoms. The number of nitrogens with one attached hydrogen (secondary N) is 1. The number of piperidine rings is 1. The zero-order valence-corrected chi connectivity index (χ0v) is 21.3. The van der Waals surface area contributed by atoms with Crippen molar-refractivity contribution in [1.29, 1.82) is 0 Å². The number of carbonyl (C=O) groups is 2. The van der Waals surface area contributed by atoms with E-state index in [0.717, 1.165) is 24.1 Å². The van der Waals surface area contributed by atoms with E-state index < -0.39 is 0 Å². The first-order valence-corrected chi connectivity index (χ1v) is 12.7. The third-order valence-electron chi connectivity index (χ3n) is 6.58. The van der Waals surface area contributed by atoms with E-state index in [0.29, 0.717) is 53.6 Å². The third-order valence-corrected chi connectivity index (χ3v) is 6.79. The summed E-state index contributed by atoms with van der Waals surface area (Å²) in [6, 6.07) is 15.1. The quantitative estimate of drug-likeness (QED) is 0.467. The summed E-state index contributed by atoms with van der Waals surface area (Å²) in [5.74, 6) is 1.81. The summed E-state index contributed by atoms with van der Waals surface area (Å²) in [6.07, 6.45) is 3.43. The predicted octanol–water partition coefficient (Wildman–Crippen LogP) is 5.06. The monoisotopic (exact) mass is 521 g/mol. The van der Waals surface area contributed by atoms with E-state index in [4.69, 9.17) is 25.8 Å². The van der Waals surface area contributed by atoms with Gasteiger partial charge in [-0.2, -0.15) is 0 Å². The molecule has 1 N–H and O–H groups in total. The Morgan fingerprint density at radius 3 is 2.59 bits per heavy atom. The van der Waals surface area contributed by atoms with Crippen molar-refractivity contribution in [2.24, 2.45) is 0 Å². The van der Waals surface area contributed by atoms with Crippen molar-refractivity contribution < 1.29 is 23.8 Å². The number of hydrogen-bond donors (Lipinski definition) is 1. The summed E-state index contributed by atoms with van der Waals surface area (Å²) in [4.78, 5) is 31.6. The number of fused-ring (bicyclic) bond motifs is 1. The SMILES string of the molecule is CCOc1ncc(Cl)cc1C(=O)N1CCC(c2ccc(NC(=O)Cc3ccc4c(c3)OCO4)cc2)CC1. The van der Waals surface area contributed by atoms with Crippen molar-refractivity contribution in [3.63, 3.8) is 0 Å². The number of amides is 2. The zero-order valence-electron chi connectivity index (χ0n) is 20.5.